The van der Waals surface area contributed by atoms with Gasteiger partial charge in [-0.1, -0.05) is 31.2 Å². The molecular formula is C13H20N2O3S. The monoisotopic (exact) mass is 284 g/mol. The first kappa shape index (κ1) is 15.7. The lowest BCUT2D eigenvalue weighted by Crippen LogP contribution is -2.32. The molecule has 0 saturated heterocycles. The molecule has 19 heavy (non-hydrogen) atoms. The van der Waals surface area contributed by atoms with Gasteiger partial charge in [-0.05, 0) is 11.1 Å². The molecule has 0 bridgehead atoms. The van der Waals surface area contributed by atoms with Crippen molar-refractivity contribution >= 4 is 15.7 Å². The van der Waals surface area contributed by atoms with Crippen molar-refractivity contribution in [2.75, 3.05) is 12.8 Å². The van der Waals surface area contributed by atoms with E-state index >= 15 is 0 Å². The molecule has 0 aliphatic rings. The second-order valence-corrected chi connectivity index (χ2v) is 6.88. The van der Waals surface area contributed by atoms with Gasteiger partial charge >= 0.3 is 0 Å². The van der Waals surface area contributed by atoms with Gasteiger partial charge in [0.05, 0.1) is 5.75 Å². The highest BCUT2D eigenvalue weighted by molar-refractivity contribution is 7.89. The number of benzene rings is 1. The van der Waals surface area contributed by atoms with Gasteiger partial charge in [0.2, 0.25) is 5.91 Å². The number of carbonyl (C=O) groups is 1. The fourth-order valence-corrected chi connectivity index (χ4v) is 2.39. The van der Waals surface area contributed by atoms with E-state index in [-0.39, 0.29) is 17.6 Å². The van der Waals surface area contributed by atoms with Gasteiger partial charge in [0.15, 0.2) is 9.84 Å². The van der Waals surface area contributed by atoms with E-state index in [1.807, 2.05) is 6.07 Å². The summed E-state index contributed by atoms with van der Waals surface area (Å²) in [7, 11) is -3.05. The predicted molar refractivity (Wildman–Crippen MR) is 75.1 cm³/mol. The highest BCUT2D eigenvalue weighted by atomic mass is 32.2. The lowest BCUT2D eigenvalue weighted by Gasteiger charge is -2.10. The molecule has 1 rings (SSSR count). The molecule has 0 radical (unpaired) electrons. The van der Waals surface area contributed by atoms with Crippen LogP contribution < -0.4 is 11.1 Å². The summed E-state index contributed by atoms with van der Waals surface area (Å²) in [5.41, 5.74) is 7.00. The van der Waals surface area contributed by atoms with Crippen LogP contribution in [0, 0.1) is 5.92 Å². The molecule has 1 amide bonds. The highest BCUT2D eigenvalue weighted by Crippen LogP contribution is 2.09. The maximum absolute atomic E-state index is 11.6. The summed E-state index contributed by atoms with van der Waals surface area (Å²) in [6, 6.07) is 7.18. The fraction of sp³-hybridized carbons (Fsp3) is 0.462. The standard InChI is InChI=1S/C13H20N2O3S/c1-10(7-14)13(16)15-8-11-4-3-5-12(6-11)9-19(2,17)18/h3-6,10H,7-9,14H2,1-2H3,(H,15,16). The van der Waals surface area contributed by atoms with Gasteiger partial charge < -0.3 is 11.1 Å². The van der Waals surface area contributed by atoms with E-state index in [0.717, 1.165) is 11.1 Å². The molecule has 6 heteroatoms. The van der Waals surface area contributed by atoms with Crippen LogP contribution >= 0.6 is 0 Å². The first-order valence-electron chi connectivity index (χ1n) is 6.05. The minimum absolute atomic E-state index is 0.00793. The van der Waals surface area contributed by atoms with Crippen molar-refractivity contribution < 1.29 is 13.2 Å². The third-order valence-electron chi connectivity index (χ3n) is 2.69. The summed E-state index contributed by atoms with van der Waals surface area (Å²) in [5.74, 6) is -0.316. The van der Waals surface area contributed by atoms with Gasteiger partial charge in [0, 0.05) is 25.3 Å². The Kier molecular flexibility index (Phi) is 5.50. The third kappa shape index (κ3) is 5.85. The Morgan fingerprint density at radius 1 is 1.37 bits per heavy atom. The summed E-state index contributed by atoms with van der Waals surface area (Å²) in [5, 5.41) is 2.77. The van der Waals surface area contributed by atoms with Crippen molar-refractivity contribution in [1.82, 2.24) is 5.32 Å². The number of amides is 1. The molecule has 1 unspecified atom stereocenters. The van der Waals surface area contributed by atoms with Gasteiger partial charge in [0.1, 0.15) is 0 Å². The molecule has 1 aromatic carbocycles. The van der Waals surface area contributed by atoms with E-state index < -0.39 is 9.84 Å². The predicted octanol–water partition coefficient (Wildman–Crippen LogP) is 0.442. The van der Waals surface area contributed by atoms with E-state index in [4.69, 9.17) is 5.73 Å². The van der Waals surface area contributed by atoms with E-state index in [1.54, 1.807) is 25.1 Å². The van der Waals surface area contributed by atoms with Crippen molar-refractivity contribution in [3.05, 3.63) is 35.4 Å². The van der Waals surface area contributed by atoms with Crippen LogP contribution in [-0.4, -0.2) is 27.1 Å². The smallest absolute Gasteiger partial charge is 0.224 e. The SMILES string of the molecule is CC(CN)C(=O)NCc1cccc(CS(C)(=O)=O)c1. The number of nitrogens with two attached hydrogens (primary N) is 1. The fourth-order valence-electron chi connectivity index (χ4n) is 1.60. The van der Waals surface area contributed by atoms with E-state index in [9.17, 15) is 13.2 Å². The van der Waals surface area contributed by atoms with Crippen LogP contribution in [0.15, 0.2) is 24.3 Å². The highest BCUT2D eigenvalue weighted by Gasteiger charge is 2.10. The van der Waals surface area contributed by atoms with Crippen molar-refractivity contribution in [3.63, 3.8) is 0 Å². The van der Waals surface area contributed by atoms with Gasteiger partial charge in [0.25, 0.3) is 0 Å². The molecule has 0 heterocycles. The largest absolute Gasteiger partial charge is 0.352 e. The van der Waals surface area contributed by atoms with Crippen LogP contribution in [0.4, 0.5) is 0 Å². The van der Waals surface area contributed by atoms with E-state index in [1.165, 1.54) is 6.26 Å². The molecule has 1 aromatic rings. The molecule has 0 spiro atoms. The summed E-state index contributed by atoms with van der Waals surface area (Å²) in [6.07, 6.45) is 1.20. The lowest BCUT2D eigenvalue weighted by molar-refractivity contribution is -0.124. The molecule has 5 nitrogen and oxygen atoms in total. The van der Waals surface area contributed by atoms with Gasteiger partial charge in [-0.25, -0.2) is 8.42 Å². The number of nitrogens with one attached hydrogen (secondary N) is 1. The average molecular weight is 284 g/mol. The quantitative estimate of drug-likeness (QED) is 0.793. The summed E-state index contributed by atoms with van der Waals surface area (Å²) in [6.45, 7) is 2.44. The number of sulfone groups is 1. The van der Waals surface area contributed by atoms with Gasteiger partial charge in [-0.3, -0.25) is 4.79 Å². The Hall–Kier alpha value is -1.40. The zero-order chi connectivity index (χ0) is 14.5. The summed E-state index contributed by atoms with van der Waals surface area (Å²) >= 11 is 0. The van der Waals surface area contributed by atoms with Crippen molar-refractivity contribution in [1.29, 1.82) is 0 Å². The number of carbonyl (C=O) groups excluding carboxylic acids is 1. The average Bonchev–Trinajstić information content (AvgIpc) is 2.33. The van der Waals surface area contributed by atoms with Crippen molar-refractivity contribution in [2.45, 2.75) is 19.2 Å². The topological polar surface area (TPSA) is 89.3 Å². The lowest BCUT2D eigenvalue weighted by atomic mass is 10.1. The zero-order valence-corrected chi connectivity index (χ0v) is 12.0. The maximum atomic E-state index is 11.6. The van der Waals surface area contributed by atoms with Crippen molar-refractivity contribution in [3.8, 4) is 0 Å². The molecule has 0 saturated carbocycles. The molecule has 1 atom stereocenters. The molecule has 0 aliphatic heterocycles. The molecule has 0 aliphatic carbocycles. The normalized spacial score (nSPS) is 13.0. The van der Waals surface area contributed by atoms with Gasteiger partial charge in [-0.15, -0.1) is 0 Å². The minimum Gasteiger partial charge on any atom is -0.352 e. The Morgan fingerprint density at radius 3 is 2.58 bits per heavy atom. The first-order valence-corrected chi connectivity index (χ1v) is 8.11. The first-order chi connectivity index (χ1) is 8.81. The molecule has 0 aromatic heterocycles. The number of rotatable bonds is 6. The zero-order valence-electron chi connectivity index (χ0n) is 11.2. The molecule has 0 fully saturated rings. The minimum atomic E-state index is -3.05. The Morgan fingerprint density at radius 2 is 2.00 bits per heavy atom. The third-order valence-corrected chi connectivity index (χ3v) is 3.55. The summed E-state index contributed by atoms with van der Waals surface area (Å²) < 4.78 is 22.4. The van der Waals surface area contributed by atoms with E-state index in [2.05, 4.69) is 5.32 Å². The maximum Gasteiger partial charge on any atom is 0.224 e. The second-order valence-electron chi connectivity index (χ2n) is 4.74. The Balaban J connectivity index is 2.65. The summed E-state index contributed by atoms with van der Waals surface area (Å²) in [4.78, 5) is 11.6. The van der Waals surface area contributed by atoms with Crippen LogP contribution in [0.5, 0.6) is 0 Å². The van der Waals surface area contributed by atoms with Crippen LogP contribution in [0.1, 0.15) is 18.1 Å². The Bertz CT molecular complexity index is 541. The van der Waals surface area contributed by atoms with Crippen LogP contribution in [0.2, 0.25) is 0 Å². The Labute approximate surface area is 114 Å². The number of hydrogen-bond acceptors (Lipinski definition) is 4. The van der Waals surface area contributed by atoms with Crippen LogP contribution in [0.3, 0.4) is 0 Å². The molecule has 3 N–H and O–H groups in total. The van der Waals surface area contributed by atoms with Crippen LogP contribution in [0.25, 0.3) is 0 Å². The second kappa shape index (κ2) is 6.68. The molecule has 106 valence electrons. The van der Waals surface area contributed by atoms with Gasteiger partial charge in [-0.2, -0.15) is 0 Å². The van der Waals surface area contributed by atoms with E-state index in [0.29, 0.717) is 13.1 Å². The molecular weight excluding hydrogens is 264 g/mol. The van der Waals surface area contributed by atoms with Crippen LogP contribution in [-0.2, 0) is 26.9 Å². The number of hydrogen-bond donors (Lipinski definition) is 2. The van der Waals surface area contributed by atoms with Crippen molar-refractivity contribution in [2.24, 2.45) is 11.7 Å².